The molecular formula is C12H13NO2. The second-order valence-electron chi connectivity index (χ2n) is 3.80. The van der Waals surface area contributed by atoms with Crippen molar-refractivity contribution in [1.82, 2.24) is 0 Å². The van der Waals surface area contributed by atoms with E-state index >= 15 is 0 Å². The van der Waals surface area contributed by atoms with Crippen molar-refractivity contribution in [3.8, 4) is 6.07 Å². The summed E-state index contributed by atoms with van der Waals surface area (Å²) < 4.78 is 5.23. The third-order valence-corrected chi connectivity index (χ3v) is 2.79. The van der Waals surface area contributed by atoms with Gasteiger partial charge in [0.1, 0.15) is 0 Å². The third kappa shape index (κ3) is 2.17. The molecule has 15 heavy (non-hydrogen) atoms. The molecule has 1 aliphatic heterocycles. The van der Waals surface area contributed by atoms with E-state index in [1.165, 1.54) is 0 Å². The molecule has 1 aromatic rings. The average Bonchev–Trinajstić information content (AvgIpc) is 2.82. The van der Waals surface area contributed by atoms with Crippen LogP contribution in [0.4, 0.5) is 0 Å². The normalized spacial score (nSPS) is 22.3. The Bertz CT molecular complexity index is 360. The predicted molar refractivity (Wildman–Crippen MR) is 55.0 cm³/mol. The van der Waals surface area contributed by atoms with E-state index in [4.69, 9.17) is 10.00 Å². The first-order valence-electron chi connectivity index (χ1n) is 5.07. The van der Waals surface area contributed by atoms with E-state index in [1.54, 1.807) is 12.1 Å². The SMILES string of the molecule is N#Cc1ccc([C@H](O)[C@@H]2CCOC2)cc1. The Balaban J connectivity index is 2.11. The molecule has 0 aliphatic carbocycles. The van der Waals surface area contributed by atoms with Gasteiger partial charge in [0.25, 0.3) is 0 Å². The number of rotatable bonds is 2. The van der Waals surface area contributed by atoms with Crippen molar-refractivity contribution in [3.05, 3.63) is 35.4 Å². The Morgan fingerprint density at radius 2 is 2.13 bits per heavy atom. The first kappa shape index (κ1) is 10.2. The van der Waals surface area contributed by atoms with Crippen LogP contribution in [0.25, 0.3) is 0 Å². The topological polar surface area (TPSA) is 53.2 Å². The molecule has 3 heteroatoms. The number of hydrogen-bond acceptors (Lipinski definition) is 3. The molecule has 0 unspecified atom stereocenters. The number of benzene rings is 1. The summed E-state index contributed by atoms with van der Waals surface area (Å²) in [7, 11) is 0. The smallest absolute Gasteiger partial charge is 0.0991 e. The van der Waals surface area contributed by atoms with Gasteiger partial charge in [-0.3, -0.25) is 0 Å². The van der Waals surface area contributed by atoms with Crippen LogP contribution in [-0.2, 0) is 4.74 Å². The van der Waals surface area contributed by atoms with Crippen LogP contribution in [0.3, 0.4) is 0 Å². The second-order valence-corrected chi connectivity index (χ2v) is 3.80. The van der Waals surface area contributed by atoms with E-state index in [0.717, 1.165) is 18.6 Å². The molecule has 1 aliphatic rings. The van der Waals surface area contributed by atoms with E-state index in [2.05, 4.69) is 6.07 Å². The van der Waals surface area contributed by atoms with Crippen LogP contribution < -0.4 is 0 Å². The van der Waals surface area contributed by atoms with E-state index in [1.807, 2.05) is 12.1 Å². The molecule has 0 radical (unpaired) electrons. The molecular weight excluding hydrogens is 190 g/mol. The number of nitrogens with zero attached hydrogens (tertiary/aromatic N) is 1. The van der Waals surface area contributed by atoms with Crippen molar-refractivity contribution in [2.45, 2.75) is 12.5 Å². The molecule has 2 rings (SSSR count). The van der Waals surface area contributed by atoms with Gasteiger partial charge in [-0.05, 0) is 24.1 Å². The Hall–Kier alpha value is -1.37. The van der Waals surface area contributed by atoms with Gasteiger partial charge >= 0.3 is 0 Å². The third-order valence-electron chi connectivity index (χ3n) is 2.79. The predicted octanol–water partition coefficient (Wildman–Crippen LogP) is 1.63. The van der Waals surface area contributed by atoms with Crippen molar-refractivity contribution in [2.75, 3.05) is 13.2 Å². The van der Waals surface area contributed by atoms with Crippen LogP contribution in [0.2, 0.25) is 0 Å². The quantitative estimate of drug-likeness (QED) is 0.794. The Labute approximate surface area is 88.9 Å². The van der Waals surface area contributed by atoms with Crippen LogP contribution in [0.1, 0.15) is 23.7 Å². The van der Waals surface area contributed by atoms with Crippen LogP contribution in [0.15, 0.2) is 24.3 Å². The zero-order chi connectivity index (χ0) is 10.7. The van der Waals surface area contributed by atoms with Crippen LogP contribution in [-0.4, -0.2) is 18.3 Å². The van der Waals surface area contributed by atoms with E-state index in [9.17, 15) is 5.11 Å². The highest BCUT2D eigenvalue weighted by Gasteiger charge is 2.24. The zero-order valence-electron chi connectivity index (χ0n) is 8.39. The maximum atomic E-state index is 10.0. The lowest BCUT2D eigenvalue weighted by Crippen LogP contribution is -2.12. The molecule has 1 saturated heterocycles. The molecule has 0 aromatic heterocycles. The van der Waals surface area contributed by atoms with Crippen LogP contribution in [0.5, 0.6) is 0 Å². The number of nitriles is 1. The molecule has 1 heterocycles. The summed E-state index contributed by atoms with van der Waals surface area (Å²) in [5.74, 6) is 0.193. The van der Waals surface area contributed by atoms with Gasteiger partial charge in [0.2, 0.25) is 0 Å². The standard InChI is InChI=1S/C12H13NO2/c13-7-9-1-3-10(4-2-9)12(14)11-5-6-15-8-11/h1-4,11-12,14H,5-6,8H2/t11-,12+/m1/s1. The number of hydrogen-bond donors (Lipinski definition) is 1. The first-order chi connectivity index (χ1) is 7.31. The van der Waals surface area contributed by atoms with Gasteiger partial charge in [-0.25, -0.2) is 0 Å². The van der Waals surface area contributed by atoms with Gasteiger partial charge in [0.15, 0.2) is 0 Å². The lowest BCUT2D eigenvalue weighted by Gasteiger charge is -2.16. The molecule has 0 bridgehead atoms. The van der Waals surface area contributed by atoms with Gasteiger partial charge in [-0.2, -0.15) is 5.26 Å². The summed E-state index contributed by atoms with van der Waals surface area (Å²) in [4.78, 5) is 0. The maximum absolute atomic E-state index is 10.0. The molecule has 1 aromatic carbocycles. The Morgan fingerprint density at radius 3 is 2.67 bits per heavy atom. The Kier molecular flexibility index (Phi) is 3.00. The molecule has 3 nitrogen and oxygen atoms in total. The van der Waals surface area contributed by atoms with E-state index in [-0.39, 0.29) is 5.92 Å². The molecule has 0 saturated carbocycles. The lowest BCUT2D eigenvalue weighted by molar-refractivity contribution is 0.0918. The van der Waals surface area contributed by atoms with Gasteiger partial charge < -0.3 is 9.84 Å². The van der Waals surface area contributed by atoms with Crippen molar-refractivity contribution >= 4 is 0 Å². The minimum Gasteiger partial charge on any atom is -0.388 e. The number of aliphatic hydroxyl groups excluding tert-OH is 1. The van der Waals surface area contributed by atoms with Crippen LogP contribution >= 0.6 is 0 Å². The fraction of sp³-hybridized carbons (Fsp3) is 0.417. The Morgan fingerprint density at radius 1 is 1.40 bits per heavy atom. The largest absolute Gasteiger partial charge is 0.388 e. The first-order valence-corrected chi connectivity index (χ1v) is 5.07. The summed E-state index contributed by atoms with van der Waals surface area (Å²) >= 11 is 0. The lowest BCUT2D eigenvalue weighted by atomic mass is 9.95. The van der Waals surface area contributed by atoms with Gasteiger partial charge in [-0.1, -0.05) is 12.1 Å². The highest BCUT2D eigenvalue weighted by Crippen LogP contribution is 2.28. The van der Waals surface area contributed by atoms with Gasteiger partial charge in [0.05, 0.1) is 24.3 Å². The summed E-state index contributed by atoms with van der Waals surface area (Å²) in [6.45, 7) is 1.36. The monoisotopic (exact) mass is 203 g/mol. The number of ether oxygens (including phenoxy) is 1. The van der Waals surface area contributed by atoms with Crippen molar-refractivity contribution in [1.29, 1.82) is 5.26 Å². The fourth-order valence-electron chi connectivity index (χ4n) is 1.83. The summed E-state index contributed by atoms with van der Waals surface area (Å²) in [6, 6.07) is 9.13. The van der Waals surface area contributed by atoms with Gasteiger partial charge in [-0.15, -0.1) is 0 Å². The maximum Gasteiger partial charge on any atom is 0.0991 e. The molecule has 78 valence electrons. The second kappa shape index (κ2) is 4.43. The highest BCUT2D eigenvalue weighted by molar-refractivity contribution is 5.32. The molecule has 0 spiro atoms. The molecule has 0 amide bonds. The summed E-state index contributed by atoms with van der Waals surface area (Å²) in [6.07, 6.45) is 0.432. The van der Waals surface area contributed by atoms with Crippen molar-refractivity contribution < 1.29 is 9.84 Å². The molecule has 1 N–H and O–H groups in total. The molecule has 2 atom stereocenters. The van der Waals surface area contributed by atoms with Crippen molar-refractivity contribution in [3.63, 3.8) is 0 Å². The van der Waals surface area contributed by atoms with E-state index in [0.29, 0.717) is 12.2 Å². The van der Waals surface area contributed by atoms with Crippen molar-refractivity contribution in [2.24, 2.45) is 5.92 Å². The molecule has 1 fully saturated rings. The zero-order valence-corrected chi connectivity index (χ0v) is 8.39. The van der Waals surface area contributed by atoms with Gasteiger partial charge in [0, 0.05) is 12.5 Å². The van der Waals surface area contributed by atoms with E-state index < -0.39 is 6.10 Å². The minimum atomic E-state index is -0.472. The fourth-order valence-corrected chi connectivity index (χ4v) is 1.83. The van der Waals surface area contributed by atoms with Crippen LogP contribution in [0, 0.1) is 17.2 Å². The summed E-state index contributed by atoms with van der Waals surface area (Å²) in [5, 5.41) is 18.7. The highest BCUT2D eigenvalue weighted by atomic mass is 16.5. The number of aliphatic hydroxyl groups is 1. The summed E-state index contributed by atoms with van der Waals surface area (Å²) in [5.41, 5.74) is 1.48. The minimum absolute atomic E-state index is 0.193. The average molecular weight is 203 g/mol.